The third-order valence-corrected chi connectivity index (χ3v) is 3.29. The molecule has 1 aliphatic carbocycles. The predicted octanol–water partition coefficient (Wildman–Crippen LogP) is 1.86. The summed E-state index contributed by atoms with van der Waals surface area (Å²) in [7, 11) is 0. The molecule has 0 bridgehead atoms. The van der Waals surface area contributed by atoms with Crippen molar-refractivity contribution < 1.29 is 14.4 Å². The van der Waals surface area contributed by atoms with Crippen molar-refractivity contribution in [3.05, 3.63) is 64.2 Å². The van der Waals surface area contributed by atoms with E-state index in [4.69, 9.17) is 5.73 Å². The highest BCUT2D eigenvalue weighted by atomic mass is 16.1. The van der Waals surface area contributed by atoms with Crippen molar-refractivity contribution in [1.82, 2.24) is 0 Å². The van der Waals surface area contributed by atoms with Gasteiger partial charge in [-0.2, -0.15) is 0 Å². The second kappa shape index (κ2) is 3.88. The largest absolute Gasteiger partial charge is 0.398 e. The molecular formula is C15H9NO3. The van der Waals surface area contributed by atoms with Crippen LogP contribution in [0.5, 0.6) is 0 Å². The summed E-state index contributed by atoms with van der Waals surface area (Å²) in [5.74, 6) is -0.590. The molecule has 0 amide bonds. The van der Waals surface area contributed by atoms with Gasteiger partial charge in [-0.05, 0) is 12.1 Å². The van der Waals surface area contributed by atoms with Crippen molar-refractivity contribution in [3.8, 4) is 0 Å². The summed E-state index contributed by atoms with van der Waals surface area (Å²) in [6.07, 6.45) is 0.521. The van der Waals surface area contributed by atoms with Crippen molar-refractivity contribution in [2.45, 2.75) is 0 Å². The molecule has 0 spiro atoms. The first-order chi connectivity index (χ1) is 9.15. The van der Waals surface area contributed by atoms with E-state index in [0.717, 1.165) is 0 Å². The maximum absolute atomic E-state index is 12.4. The molecule has 92 valence electrons. The van der Waals surface area contributed by atoms with Crippen LogP contribution in [0.4, 0.5) is 5.69 Å². The number of rotatable bonds is 1. The zero-order valence-corrected chi connectivity index (χ0v) is 9.84. The minimum Gasteiger partial charge on any atom is -0.398 e. The Morgan fingerprint density at radius 3 is 2.11 bits per heavy atom. The minimum atomic E-state index is -0.334. The molecule has 19 heavy (non-hydrogen) atoms. The molecule has 4 nitrogen and oxygen atoms in total. The van der Waals surface area contributed by atoms with E-state index in [-0.39, 0.29) is 33.9 Å². The third kappa shape index (κ3) is 1.43. The van der Waals surface area contributed by atoms with Gasteiger partial charge in [-0.15, -0.1) is 0 Å². The summed E-state index contributed by atoms with van der Waals surface area (Å²) >= 11 is 0. The summed E-state index contributed by atoms with van der Waals surface area (Å²) < 4.78 is 0. The molecule has 4 heteroatoms. The van der Waals surface area contributed by atoms with Crippen LogP contribution in [0.1, 0.15) is 42.2 Å². The Morgan fingerprint density at radius 1 is 0.842 bits per heavy atom. The van der Waals surface area contributed by atoms with Gasteiger partial charge >= 0.3 is 0 Å². The number of anilines is 1. The van der Waals surface area contributed by atoms with Crippen LogP contribution in [-0.2, 0) is 0 Å². The monoisotopic (exact) mass is 251 g/mol. The topological polar surface area (TPSA) is 77.2 Å². The van der Waals surface area contributed by atoms with Crippen LogP contribution in [0.25, 0.3) is 0 Å². The summed E-state index contributed by atoms with van der Waals surface area (Å²) in [6.45, 7) is 0. The molecule has 0 saturated carbocycles. The lowest BCUT2D eigenvalue weighted by Crippen LogP contribution is -2.23. The molecule has 2 N–H and O–H groups in total. The summed E-state index contributed by atoms with van der Waals surface area (Å²) in [5.41, 5.74) is 7.00. The fourth-order valence-corrected chi connectivity index (χ4v) is 2.36. The number of carbonyl (C=O) groups excluding carboxylic acids is 3. The van der Waals surface area contributed by atoms with Crippen molar-refractivity contribution >= 4 is 23.5 Å². The first-order valence-corrected chi connectivity index (χ1v) is 5.71. The van der Waals surface area contributed by atoms with Crippen LogP contribution in [0.15, 0.2) is 36.4 Å². The van der Waals surface area contributed by atoms with Gasteiger partial charge in [0.1, 0.15) is 0 Å². The van der Waals surface area contributed by atoms with Gasteiger partial charge < -0.3 is 5.73 Å². The van der Waals surface area contributed by atoms with Crippen molar-refractivity contribution in [3.63, 3.8) is 0 Å². The van der Waals surface area contributed by atoms with Crippen LogP contribution in [0.2, 0.25) is 0 Å². The minimum absolute atomic E-state index is 0.0883. The van der Waals surface area contributed by atoms with Crippen molar-refractivity contribution in [2.24, 2.45) is 0 Å². The molecule has 0 atom stereocenters. The van der Waals surface area contributed by atoms with Crippen molar-refractivity contribution in [1.29, 1.82) is 0 Å². The maximum Gasteiger partial charge on any atom is 0.195 e. The Labute approximate surface area is 108 Å². The van der Waals surface area contributed by atoms with Crippen LogP contribution in [0.3, 0.4) is 0 Å². The highest BCUT2D eigenvalue weighted by molar-refractivity contribution is 6.30. The Balaban J connectivity index is 2.39. The molecular weight excluding hydrogens is 242 g/mol. The SMILES string of the molecule is Nc1ccc2c(c1C=O)C(=O)c1ccccc1C2=O. The number of hydrogen-bond acceptors (Lipinski definition) is 4. The molecule has 1 aliphatic rings. The lowest BCUT2D eigenvalue weighted by Gasteiger charge is -2.19. The number of nitrogens with two attached hydrogens (primary N) is 1. The highest BCUT2D eigenvalue weighted by Gasteiger charge is 2.31. The van der Waals surface area contributed by atoms with Crippen molar-refractivity contribution in [2.75, 3.05) is 5.73 Å². The van der Waals surface area contributed by atoms with E-state index < -0.39 is 0 Å². The molecule has 2 aromatic carbocycles. The second-order valence-corrected chi connectivity index (χ2v) is 4.31. The molecule has 0 heterocycles. The average Bonchev–Trinajstić information content (AvgIpc) is 2.44. The number of fused-ring (bicyclic) bond motifs is 2. The fraction of sp³-hybridized carbons (Fsp3) is 0. The third-order valence-electron chi connectivity index (χ3n) is 3.29. The number of aldehydes is 1. The van der Waals surface area contributed by atoms with Crippen LogP contribution >= 0.6 is 0 Å². The molecule has 2 aromatic rings. The first kappa shape index (κ1) is 11.3. The Morgan fingerprint density at radius 2 is 1.47 bits per heavy atom. The molecule has 0 saturated heterocycles. The van der Waals surface area contributed by atoms with Gasteiger partial charge in [0, 0.05) is 33.5 Å². The van der Waals surface area contributed by atoms with E-state index in [0.29, 0.717) is 17.4 Å². The number of benzene rings is 2. The lowest BCUT2D eigenvalue weighted by atomic mass is 9.81. The Kier molecular flexibility index (Phi) is 2.32. The molecule has 0 fully saturated rings. The molecule has 3 rings (SSSR count). The van der Waals surface area contributed by atoms with E-state index >= 15 is 0 Å². The maximum atomic E-state index is 12.4. The first-order valence-electron chi connectivity index (χ1n) is 5.71. The number of ketones is 2. The predicted molar refractivity (Wildman–Crippen MR) is 69.5 cm³/mol. The van der Waals surface area contributed by atoms with Gasteiger partial charge in [0.05, 0.1) is 0 Å². The molecule has 0 unspecified atom stereocenters. The Bertz CT molecular complexity index is 747. The number of nitrogen functional groups attached to an aromatic ring is 1. The summed E-state index contributed by atoms with van der Waals surface area (Å²) in [4.78, 5) is 35.9. The molecule has 0 aromatic heterocycles. The van der Waals surface area contributed by atoms with E-state index in [9.17, 15) is 14.4 Å². The number of hydrogen-bond donors (Lipinski definition) is 1. The van der Waals surface area contributed by atoms with Gasteiger partial charge in [-0.1, -0.05) is 24.3 Å². The summed E-state index contributed by atoms with van der Waals surface area (Å²) in [6, 6.07) is 9.54. The van der Waals surface area contributed by atoms with E-state index in [1.54, 1.807) is 24.3 Å². The van der Waals surface area contributed by atoms with Gasteiger partial charge in [0.15, 0.2) is 17.9 Å². The zero-order valence-electron chi connectivity index (χ0n) is 9.84. The standard InChI is InChI=1S/C15H9NO3/c16-12-6-5-10-13(11(12)7-17)15(19)9-4-2-1-3-8(9)14(10)18/h1-7H,16H2. The van der Waals surface area contributed by atoms with Gasteiger partial charge in [0.2, 0.25) is 0 Å². The van der Waals surface area contributed by atoms with Gasteiger partial charge in [-0.25, -0.2) is 0 Å². The van der Waals surface area contributed by atoms with Gasteiger partial charge in [-0.3, -0.25) is 14.4 Å². The zero-order chi connectivity index (χ0) is 13.6. The lowest BCUT2D eigenvalue weighted by molar-refractivity contribution is 0.0976. The van der Waals surface area contributed by atoms with Crippen LogP contribution < -0.4 is 5.73 Å². The van der Waals surface area contributed by atoms with Gasteiger partial charge in [0.25, 0.3) is 0 Å². The molecule has 0 radical (unpaired) electrons. The molecule has 0 aliphatic heterocycles. The van der Waals surface area contributed by atoms with Crippen LogP contribution in [0, 0.1) is 0 Å². The van der Waals surface area contributed by atoms with Crippen LogP contribution in [-0.4, -0.2) is 17.9 Å². The Hall–Kier alpha value is -2.75. The highest BCUT2D eigenvalue weighted by Crippen LogP contribution is 2.31. The number of carbonyl (C=O) groups is 3. The quantitative estimate of drug-likeness (QED) is 0.529. The van der Waals surface area contributed by atoms with E-state index in [2.05, 4.69) is 0 Å². The normalized spacial score (nSPS) is 12.8. The average molecular weight is 251 g/mol. The van der Waals surface area contributed by atoms with E-state index in [1.807, 2.05) is 0 Å². The summed E-state index contributed by atoms with van der Waals surface area (Å²) in [5, 5.41) is 0. The smallest absolute Gasteiger partial charge is 0.195 e. The second-order valence-electron chi connectivity index (χ2n) is 4.31. The fourth-order valence-electron chi connectivity index (χ4n) is 2.36. The van der Waals surface area contributed by atoms with E-state index in [1.165, 1.54) is 12.1 Å².